The van der Waals surface area contributed by atoms with E-state index in [1.165, 1.54) is 23.3 Å². The Morgan fingerprint density at radius 3 is 2.67 bits per heavy atom. The van der Waals surface area contributed by atoms with Gasteiger partial charge in [0.15, 0.2) is 5.82 Å². The molecule has 0 saturated carbocycles. The number of amides is 1. The third-order valence-corrected chi connectivity index (χ3v) is 2.20. The molecule has 3 N–H and O–H groups in total. The van der Waals surface area contributed by atoms with Crippen molar-refractivity contribution in [2.24, 2.45) is 5.73 Å². The van der Waals surface area contributed by atoms with Gasteiger partial charge in [-0.1, -0.05) is 0 Å². The molecule has 0 atom stereocenters. The third kappa shape index (κ3) is 2.03. The van der Waals surface area contributed by atoms with E-state index in [0.717, 1.165) is 0 Å². The van der Waals surface area contributed by atoms with Gasteiger partial charge in [-0.05, 0) is 6.92 Å². The maximum absolute atomic E-state index is 11.0. The van der Waals surface area contributed by atoms with Crippen LogP contribution in [-0.2, 0) is 0 Å². The molecule has 2 aromatic heterocycles. The maximum atomic E-state index is 11.0. The van der Waals surface area contributed by atoms with Crippen LogP contribution in [0.3, 0.4) is 0 Å². The lowest BCUT2D eigenvalue weighted by Crippen LogP contribution is -2.11. The fourth-order valence-electron chi connectivity index (χ4n) is 1.35. The minimum atomic E-state index is -1.18. The Morgan fingerprint density at radius 2 is 2.11 bits per heavy atom. The molecule has 0 bridgehead atoms. The molecule has 18 heavy (non-hydrogen) atoms. The van der Waals surface area contributed by atoms with Gasteiger partial charge in [-0.25, -0.2) is 19.4 Å². The summed E-state index contributed by atoms with van der Waals surface area (Å²) in [4.78, 5) is 29.8. The molecule has 2 aromatic rings. The van der Waals surface area contributed by atoms with Crippen LogP contribution in [0.1, 0.15) is 26.5 Å². The minimum absolute atomic E-state index is 0.0856. The highest BCUT2D eigenvalue weighted by molar-refractivity contribution is 5.93. The largest absolute Gasteiger partial charge is 0.477 e. The molecule has 0 unspecified atom stereocenters. The molecule has 92 valence electrons. The molecule has 0 fully saturated rings. The van der Waals surface area contributed by atoms with Crippen molar-refractivity contribution in [1.82, 2.24) is 19.7 Å². The van der Waals surface area contributed by atoms with Crippen LogP contribution in [-0.4, -0.2) is 36.7 Å². The summed E-state index contributed by atoms with van der Waals surface area (Å²) >= 11 is 0. The lowest BCUT2D eigenvalue weighted by atomic mass is 10.3. The lowest BCUT2D eigenvalue weighted by Gasteiger charge is -2.04. The molecule has 0 aliphatic carbocycles. The lowest BCUT2D eigenvalue weighted by molar-refractivity contribution is 0.0695. The first kappa shape index (κ1) is 11.7. The highest BCUT2D eigenvalue weighted by Crippen LogP contribution is 2.11. The fourth-order valence-corrected chi connectivity index (χ4v) is 1.35. The molecule has 0 aromatic carbocycles. The second kappa shape index (κ2) is 4.24. The van der Waals surface area contributed by atoms with E-state index in [1.54, 1.807) is 6.92 Å². The maximum Gasteiger partial charge on any atom is 0.341 e. The summed E-state index contributed by atoms with van der Waals surface area (Å²) in [6, 6.07) is 0. The highest BCUT2D eigenvalue weighted by atomic mass is 16.4. The van der Waals surface area contributed by atoms with Crippen LogP contribution in [0.2, 0.25) is 0 Å². The predicted octanol–water partition coefficient (Wildman–Crippen LogP) is -0.232. The molecule has 0 saturated heterocycles. The van der Waals surface area contributed by atoms with E-state index in [2.05, 4.69) is 15.1 Å². The molecule has 8 nitrogen and oxygen atoms in total. The van der Waals surface area contributed by atoms with E-state index in [4.69, 9.17) is 10.8 Å². The number of primary amides is 1. The topological polar surface area (TPSA) is 124 Å². The highest BCUT2D eigenvalue weighted by Gasteiger charge is 2.16. The number of carbonyl (C=O) groups is 2. The van der Waals surface area contributed by atoms with Crippen molar-refractivity contribution in [2.75, 3.05) is 0 Å². The quantitative estimate of drug-likeness (QED) is 0.771. The Balaban J connectivity index is 2.57. The van der Waals surface area contributed by atoms with Crippen LogP contribution in [0.5, 0.6) is 0 Å². The molecule has 1 amide bonds. The summed E-state index contributed by atoms with van der Waals surface area (Å²) in [6.45, 7) is 1.62. The van der Waals surface area contributed by atoms with Gasteiger partial charge in [0.2, 0.25) is 0 Å². The number of hydrogen-bond acceptors (Lipinski definition) is 5. The Bertz CT molecular complexity index is 634. The Morgan fingerprint density at radius 1 is 1.39 bits per heavy atom. The minimum Gasteiger partial charge on any atom is -0.477 e. The first-order valence-corrected chi connectivity index (χ1v) is 4.91. The van der Waals surface area contributed by atoms with Crippen molar-refractivity contribution in [3.63, 3.8) is 0 Å². The second-order valence-electron chi connectivity index (χ2n) is 3.50. The molecule has 0 aliphatic heterocycles. The first-order chi connectivity index (χ1) is 8.49. The molecule has 8 heteroatoms. The Kier molecular flexibility index (Phi) is 2.76. The van der Waals surface area contributed by atoms with E-state index >= 15 is 0 Å². The zero-order valence-electron chi connectivity index (χ0n) is 9.36. The van der Waals surface area contributed by atoms with E-state index in [0.29, 0.717) is 5.82 Å². The average molecular weight is 247 g/mol. The van der Waals surface area contributed by atoms with Gasteiger partial charge in [-0.2, -0.15) is 5.10 Å². The van der Waals surface area contributed by atoms with Crippen molar-refractivity contribution in [2.45, 2.75) is 6.92 Å². The third-order valence-electron chi connectivity index (χ3n) is 2.20. The number of carboxylic acids is 1. The number of nitrogens with two attached hydrogens (primary N) is 1. The number of rotatable bonds is 3. The van der Waals surface area contributed by atoms with Crippen LogP contribution in [0.25, 0.3) is 5.82 Å². The number of aromatic nitrogens is 4. The van der Waals surface area contributed by atoms with Crippen LogP contribution >= 0.6 is 0 Å². The first-order valence-electron chi connectivity index (χ1n) is 4.91. The van der Waals surface area contributed by atoms with Gasteiger partial charge < -0.3 is 10.8 Å². The normalized spacial score (nSPS) is 10.3. The standard InChI is InChI=1S/C10H9N5O3/c1-5-12-3-7(10(17)18)9(14-5)15-4-6(2-13-15)8(11)16/h2-4H,1H3,(H2,11,16)(H,17,18). The number of aromatic carboxylic acids is 1. The van der Waals surface area contributed by atoms with Gasteiger partial charge in [-0.15, -0.1) is 0 Å². The van der Waals surface area contributed by atoms with Gasteiger partial charge in [0.05, 0.1) is 11.8 Å². The number of hydrogen-bond donors (Lipinski definition) is 2. The summed E-state index contributed by atoms with van der Waals surface area (Å²) in [5.74, 6) is -1.35. The van der Waals surface area contributed by atoms with Crippen molar-refractivity contribution in [3.8, 4) is 5.82 Å². The molecular weight excluding hydrogens is 238 g/mol. The van der Waals surface area contributed by atoms with Crippen molar-refractivity contribution >= 4 is 11.9 Å². The summed E-state index contributed by atoms with van der Waals surface area (Å²) in [5.41, 5.74) is 5.15. The van der Waals surface area contributed by atoms with E-state index in [-0.39, 0.29) is 16.9 Å². The number of carbonyl (C=O) groups excluding carboxylic acids is 1. The summed E-state index contributed by atoms with van der Waals surface area (Å²) in [6.07, 6.45) is 3.74. The van der Waals surface area contributed by atoms with E-state index in [1.807, 2.05) is 0 Å². The Hall–Kier alpha value is -2.77. The van der Waals surface area contributed by atoms with Crippen LogP contribution in [0.4, 0.5) is 0 Å². The fraction of sp³-hybridized carbons (Fsp3) is 0.100. The monoisotopic (exact) mass is 247 g/mol. The van der Waals surface area contributed by atoms with E-state index in [9.17, 15) is 9.59 Å². The van der Waals surface area contributed by atoms with Crippen LogP contribution < -0.4 is 5.73 Å². The molecule has 0 radical (unpaired) electrons. The molecule has 0 spiro atoms. The van der Waals surface area contributed by atoms with Crippen LogP contribution in [0.15, 0.2) is 18.6 Å². The summed E-state index contributed by atoms with van der Waals surface area (Å²) < 4.78 is 1.18. The second-order valence-corrected chi connectivity index (χ2v) is 3.50. The van der Waals surface area contributed by atoms with Crippen LogP contribution in [0, 0.1) is 6.92 Å². The summed E-state index contributed by atoms with van der Waals surface area (Å²) in [5, 5.41) is 12.9. The molecular formula is C10H9N5O3. The zero-order valence-corrected chi connectivity index (χ0v) is 9.36. The van der Waals surface area contributed by atoms with Gasteiger partial charge in [0.25, 0.3) is 5.91 Å². The van der Waals surface area contributed by atoms with Gasteiger partial charge in [0.1, 0.15) is 11.4 Å². The number of carboxylic acid groups (broad SMARTS) is 1. The number of nitrogens with zero attached hydrogens (tertiary/aromatic N) is 4. The predicted molar refractivity (Wildman–Crippen MR) is 59.4 cm³/mol. The van der Waals surface area contributed by atoms with Crippen molar-refractivity contribution in [1.29, 1.82) is 0 Å². The Labute approximate surface area is 101 Å². The average Bonchev–Trinajstić information content (AvgIpc) is 2.77. The van der Waals surface area contributed by atoms with Gasteiger partial charge in [-0.3, -0.25) is 4.79 Å². The smallest absolute Gasteiger partial charge is 0.341 e. The molecule has 2 heterocycles. The molecule has 0 aliphatic rings. The van der Waals surface area contributed by atoms with Crippen molar-refractivity contribution < 1.29 is 14.7 Å². The summed E-state index contributed by atoms with van der Waals surface area (Å²) in [7, 11) is 0. The van der Waals surface area contributed by atoms with Crippen molar-refractivity contribution in [3.05, 3.63) is 35.5 Å². The number of aryl methyl sites for hydroxylation is 1. The van der Waals surface area contributed by atoms with Gasteiger partial charge in [0, 0.05) is 12.4 Å². The SMILES string of the molecule is Cc1ncc(C(=O)O)c(-n2cc(C(N)=O)cn2)n1. The molecule has 2 rings (SSSR count). The zero-order chi connectivity index (χ0) is 13.3. The van der Waals surface area contributed by atoms with Gasteiger partial charge >= 0.3 is 5.97 Å². The van der Waals surface area contributed by atoms with E-state index < -0.39 is 11.9 Å².